The molecule has 0 radical (unpaired) electrons. The number of hydrogen-bond donors (Lipinski definition) is 0. The zero-order valence-corrected chi connectivity index (χ0v) is 8.00. The van der Waals surface area contributed by atoms with Crippen LogP contribution in [0.5, 0.6) is 0 Å². The van der Waals surface area contributed by atoms with E-state index in [-0.39, 0.29) is 17.4 Å². The van der Waals surface area contributed by atoms with Crippen LogP contribution in [0.2, 0.25) is 0 Å². The number of ether oxygens (including phenoxy) is 1. The van der Waals surface area contributed by atoms with Crippen molar-refractivity contribution in [3.05, 3.63) is 24.8 Å². The van der Waals surface area contributed by atoms with Crippen molar-refractivity contribution in [1.82, 2.24) is 0 Å². The highest BCUT2D eigenvalue weighted by atomic mass is 79.9. The minimum absolute atomic E-state index is 0.193. The van der Waals surface area contributed by atoms with E-state index >= 15 is 0 Å². The Balaban J connectivity index is 3.59. The minimum Gasteiger partial charge on any atom is -0.458 e. The van der Waals surface area contributed by atoms with E-state index in [4.69, 9.17) is 0 Å². The minimum atomic E-state index is -0.337. The van der Waals surface area contributed by atoms with Gasteiger partial charge in [-0.1, -0.05) is 34.7 Å². The Hall–Kier alpha value is -0.570. The van der Waals surface area contributed by atoms with Gasteiger partial charge in [-0.25, -0.2) is 4.79 Å². The fourth-order valence-corrected chi connectivity index (χ4v) is 0.553. The van der Waals surface area contributed by atoms with E-state index in [9.17, 15) is 4.79 Å². The third kappa shape index (κ3) is 7.33. The highest BCUT2D eigenvalue weighted by Crippen LogP contribution is 1.98. The Bertz CT molecular complexity index is 161. The van der Waals surface area contributed by atoms with Crippen molar-refractivity contribution in [2.75, 3.05) is 6.61 Å². The van der Waals surface area contributed by atoms with Gasteiger partial charge in [0.15, 0.2) is 0 Å². The van der Waals surface area contributed by atoms with Crippen LogP contribution < -0.4 is 0 Å². The number of allylic oxidation sites excluding steroid dienone is 1. The second kappa shape index (κ2) is 6.16. The number of carbonyl (C=O) groups is 1. The standard InChI is InChI=1S/C8H11BrO2/c1-3-6-11-8(10)5-4-7(2)9/h3-5,7H,1,6H2,2H3. The van der Waals surface area contributed by atoms with Gasteiger partial charge in [0.1, 0.15) is 6.61 Å². The highest BCUT2D eigenvalue weighted by molar-refractivity contribution is 9.09. The monoisotopic (exact) mass is 218 g/mol. The summed E-state index contributed by atoms with van der Waals surface area (Å²) in [6.45, 7) is 5.59. The summed E-state index contributed by atoms with van der Waals surface area (Å²) in [4.78, 5) is 10.9. The van der Waals surface area contributed by atoms with E-state index < -0.39 is 0 Å². The molecule has 0 aliphatic heterocycles. The van der Waals surface area contributed by atoms with Crippen molar-refractivity contribution in [3.63, 3.8) is 0 Å². The third-order valence-electron chi connectivity index (χ3n) is 0.841. The summed E-state index contributed by atoms with van der Waals surface area (Å²) in [5.74, 6) is -0.337. The average Bonchev–Trinajstić information content (AvgIpc) is 1.97. The third-order valence-corrected chi connectivity index (χ3v) is 1.15. The summed E-state index contributed by atoms with van der Waals surface area (Å²) < 4.78 is 4.68. The summed E-state index contributed by atoms with van der Waals surface area (Å²) in [5, 5.41) is 0. The lowest BCUT2D eigenvalue weighted by Crippen LogP contribution is -2.00. The maximum absolute atomic E-state index is 10.7. The average molecular weight is 219 g/mol. The second-order valence-electron chi connectivity index (χ2n) is 1.96. The molecule has 3 heteroatoms. The van der Waals surface area contributed by atoms with Crippen LogP contribution in [-0.4, -0.2) is 17.4 Å². The number of alkyl halides is 1. The fourth-order valence-electron chi connectivity index (χ4n) is 0.400. The largest absolute Gasteiger partial charge is 0.458 e. The van der Waals surface area contributed by atoms with Crippen LogP contribution in [0.3, 0.4) is 0 Å². The van der Waals surface area contributed by atoms with Gasteiger partial charge in [-0.3, -0.25) is 0 Å². The molecule has 1 unspecified atom stereocenters. The lowest BCUT2D eigenvalue weighted by molar-refractivity contribution is -0.136. The molecule has 11 heavy (non-hydrogen) atoms. The molecule has 0 N–H and O–H groups in total. The van der Waals surface area contributed by atoms with Gasteiger partial charge in [0, 0.05) is 10.9 Å². The van der Waals surface area contributed by atoms with Crippen molar-refractivity contribution in [2.24, 2.45) is 0 Å². The quantitative estimate of drug-likeness (QED) is 0.313. The Morgan fingerprint density at radius 2 is 2.45 bits per heavy atom. The van der Waals surface area contributed by atoms with E-state index in [0.717, 1.165) is 0 Å². The molecule has 0 aliphatic carbocycles. The zero-order chi connectivity index (χ0) is 8.69. The van der Waals surface area contributed by atoms with Crippen molar-refractivity contribution in [1.29, 1.82) is 0 Å². The molecule has 0 bridgehead atoms. The number of halogens is 1. The normalized spacial score (nSPS) is 12.9. The fraction of sp³-hybridized carbons (Fsp3) is 0.375. The molecule has 0 fully saturated rings. The molecule has 0 aromatic rings. The SMILES string of the molecule is C=CCOC(=O)C=CC(C)Br. The molecule has 0 amide bonds. The first-order valence-corrected chi connectivity index (χ1v) is 4.18. The Morgan fingerprint density at radius 1 is 1.82 bits per heavy atom. The van der Waals surface area contributed by atoms with Crippen LogP contribution in [0, 0.1) is 0 Å². The molecule has 0 rings (SSSR count). The number of carbonyl (C=O) groups excluding carboxylic acids is 1. The molecule has 2 nitrogen and oxygen atoms in total. The summed E-state index contributed by atoms with van der Waals surface area (Å²) in [7, 11) is 0. The zero-order valence-electron chi connectivity index (χ0n) is 6.42. The molecule has 0 saturated carbocycles. The topological polar surface area (TPSA) is 26.3 Å². The van der Waals surface area contributed by atoms with E-state index in [1.165, 1.54) is 12.2 Å². The molecule has 62 valence electrons. The van der Waals surface area contributed by atoms with E-state index in [2.05, 4.69) is 27.2 Å². The molecule has 1 atom stereocenters. The molecule has 0 aromatic carbocycles. The Kier molecular flexibility index (Phi) is 5.84. The van der Waals surface area contributed by atoms with Crippen molar-refractivity contribution >= 4 is 21.9 Å². The molecule has 0 saturated heterocycles. The van der Waals surface area contributed by atoms with Crippen LogP contribution >= 0.6 is 15.9 Å². The predicted octanol–water partition coefficient (Wildman–Crippen LogP) is 2.06. The molecule has 0 aromatic heterocycles. The van der Waals surface area contributed by atoms with Crippen LogP contribution in [0.15, 0.2) is 24.8 Å². The van der Waals surface area contributed by atoms with E-state index in [1.54, 1.807) is 6.08 Å². The highest BCUT2D eigenvalue weighted by Gasteiger charge is 1.94. The van der Waals surface area contributed by atoms with Crippen LogP contribution in [0.1, 0.15) is 6.92 Å². The van der Waals surface area contributed by atoms with Gasteiger partial charge in [-0.05, 0) is 6.92 Å². The first-order chi connectivity index (χ1) is 5.16. The van der Waals surface area contributed by atoms with Gasteiger partial charge in [-0.15, -0.1) is 0 Å². The van der Waals surface area contributed by atoms with Gasteiger partial charge in [0.05, 0.1) is 0 Å². The number of esters is 1. The van der Waals surface area contributed by atoms with Crippen LogP contribution in [0.4, 0.5) is 0 Å². The van der Waals surface area contributed by atoms with Gasteiger partial charge in [-0.2, -0.15) is 0 Å². The van der Waals surface area contributed by atoms with Crippen molar-refractivity contribution in [3.8, 4) is 0 Å². The summed E-state index contributed by atoms with van der Waals surface area (Å²) in [6.07, 6.45) is 4.64. The molecule has 0 aliphatic rings. The smallest absolute Gasteiger partial charge is 0.330 e. The molecule has 0 spiro atoms. The number of hydrogen-bond acceptors (Lipinski definition) is 2. The molecular weight excluding hydrogens is 208 g/mol. The lowest BCUT2D eigenvalue weighted by atomic mass is 10.4. The summed E-state index contributed by atoms with van der Waals surface area (Å²) in [5.41, 5.74) is 0. The second-order valence-corrected chi connectivity index (χ2v) is 3.40. The molecule has 0 heterocycles. The van der Waals surface area contributed by atoms with Gasteiger partial charge in [0.25, 0.3) is 0 Å². The maximum Gasteiger partial charge on any atom is 0.330 e. The maximum atomic E-state index is 10.7. The van der Waals surface area contributed by atoms with Crippen LogP contribution in [-0.2, 0) is 9.53 Å². The first-order valence-electron chi connectivity index (χ1n) is 3.26. The predicted molar refractivity (Wildman–Crippen MR) is 48.7 cm³/mol. The Morgan fingerprint density at radius 3 is 2.91 bits per heavy atom. The molecular formula is C8H11BrO2. The summed E-state index contributed by atoms with van der Waals surface area (Å²) >= 11 is 3.26. The van der Waals surface area contributed by atoms with E-state index in [1.807, 2.05) is 6.92 Å². The van der Waals surface area contributed by atoms with Gasteiger partial charge >= 0.3 is 5.97 Å². The van der Waals surface area contributed by atoms with Gasteiger partial charge in [0.2, 0.25) is 0 Å². The lowest BCUT2D eigenvalue weighted by Gasteiger charge is -1.95. The Labute approximate surface area is 75.1 Å². The van der Waals surface area contributed by atoms with Crippen LogP contribution in [0.25, 0.3) is 0 Å². The first kappa shape index (κ1) is 10.4. The van der Waals surface area contributed by atoms with Crippen molar-refractivity contribution in [2.45, 2.75) is 11.8 Å². The van der Waals surface area contributed by atoms with Gasteiger partial charge < -0.3 is 4.74 Å². The van der Waals surface area contributed by atoms with Crippen molar-refractivity contribution < 1.29 is 9.53 Å². The summed E-state index contributed by atoms with van der Waals surface area (Å²) in [6, 6.07) is 0. The number of rotatable bonds is 4. The van der Waals surface area contributed by atoms with E-state index in [0.29, 0.717) is 0 Å².